The number of primary amides is 1. The Labute approximate surface area is 101 Å². The molecule has 0 unspecified atom stereocenters. The average molecular weight is 255 g/mol. The Balaban J connectivity index is 2.69. The Morgan fingerprint density at radius 3 is 2.50 bits per heavy atom. The van der Waals surface area contributed by atoms with Crippen molar-refractivity contribution in [1.29, 1.82) is 0 Å². The molecule has 0 atom stereocenters. The number of amides is 3. The van der Waals surface area contributed by atoms with E-state index in [2.05, 4.69) is 10.6 Å². The summed E-state index contributed by atoms with van der Waals surface area (Å²) in [5.74, 6) is -3.11. The molecule has 0 aliphatic carbocycles. The number of carboxylic acids is 1. The molecule has 96 valence electrons. The lowest BCUT2D eigenvalue weighted by Gasteiger charge is -2.07. The molecule has 1 aromatic carbocycles. The molecule has 0 aromatic heterocycles. The molecule has 0 aliphatic rings. The zero-order chi connectivity index (χ0) is 13.7. The van der Waals surface area contributed by atoms with Crippen LogP contribution >= 0.6 is 0 Å². The van der Waals surface area contributed by atoms with E-state index in [-0.39, 0.29) is 12.2 Å². The molecule has 0 spiro atoms. The molecule has 5 N–H and O–H groups in total. The van der Waals surface area contributed by atoms with Crippen LogP contribution in [0.2, 0.25) is 0 Å². The first-order valence-electron chi connectivity index (χ1n) is 4.76. The predicted molar refractivity (Wildman–Crippen MR) is 59.6 cm³/mol. The number of hydrogen-bond acceptors (Lipinski definition) is 3. The van der Waals surface area contributed by atoms with Crippen molar-refractivity contribution in [3.05, 3.63) is 29.6 Å². The molecule has 0 bridgehead atoms. The van der Waals surface area contributed by atoms with Crippen molar-refractivity contribution >= 4 is 23.6 Å². The van der Waals surface area contributed by atoms with Crippen LogP contribution < -0.4 is 16.4 Å². The summed E-state index contributed by atoms with van der Waals surface area (Å²) in [5, 5.41) is 12.9. The van der Waals surface area contributed by atoms with Crippen molar-refractivity contribution in [2.75, 3.05) is 11.9 Å². The van der Waals surface area contributed by atoms with Crippen LogP contribution in [0.4, 0.5) is 14.9 Å². The lowest BCUT2D eigenvalue weighted by molar-refractivity contribution is -0.117. The number of hydrogen-bond donors (Lipinski definition) is 4. The Morgan fingerprint density at radius 2 is 2.00 bits per heavy atom. The molecule has 0 heterocycles. The monoisotopic (exact) mass is 255 g/mol. The fourth-order valence-electron chi connectivity index (χ4n) is 1.11. The van der Waals surface area contributed by atoms with Crippen LogP contribution in [0.25, 0.3) is 0 Å². The summed E-state index contributed by atoms with van der Waals surface area (Å²) in [6.07, 6.45) is 0. The third kappa shape index (κ3) is 3.74. The number of rotatable bonds is 4. The minimum Gasteiger partial charge on any atom is -0.478 e. The van der Waals surface area contributed by atoms with Gasteiger partial charge in [0.25, 0.3) is 0 Å². The summed E-state index contributed by atoms with van der Waals surface area (Å²) >= 11 is 0. The summed E-state index contributed by atoms with van der Waals surface area (Å²) in [6.45, 7) is -0.360. The summed E-state index contributed by atoms with van der Waals surface area (Å²) < 4.78 is 13.2. The van der Waals surface area contributed by atoms with E-state index in [4.69, 9.17) is 10.8 Å². The summed E-state index contributed by atoms with van der Waals surface area (Å²) in [6, 6.07) is 2.33. The molecule has 0 saturated carbocycles. The zero-order valence-corrected chi connectivity index (χ0v) is 9.07. The van der Waals surface area contributed by atoms with Crippen molar-refractivity contribution < 1.29 is 23.9 Å². The third-order valence-electron chi connectivity index (χ3n) is 1.88. The van der Waals surface area contributed by atoms with Crippen LogP contribution in [-0.2, 0) is 4.79 Å². The van der Waals surface area contributed by atoms with E-state index >= 15 is 0 Å². The summed E-state index contributed by atoms with van der Waals surface area (Å²) in [5.41, 5.74) is 4.36. The van der Waals surface area contributed by atoms with Crippen LogP contribution in [0, 0.1) is 5.82 Å². The maximum atomic E-state index is 13.2. The van der Waals surface area contributed by atoms with Crippen molar-refractivity contribution in [3.63, 3.8) is 0 Å². The highest BCUT2D eigenvalue weighted by Crippen LogP contribution is 2.14. The smallest absolute Gasteiger partial charge is 0.338 e. The normalized spacial score (nSPS) is 9.61. The number of carbonyl (C=O) groups is 3. The van der Waals surface area contributed by atoms with Gasteiger partial charge in [-0.2, -0.15) is 0 Å². The van der Waals surface area contributed by atoms with Gasteiger partial charge in [0.05, 0.1) is 12.1 Å². The van der Waals surface area contributed by atoms with Crippen LogP contribution in [0.3, 0.4) is 0 Å². The van der Waals surface area contributed by atoms with Gasteiger partial charge in [0.15, 0.2) is 0 Å². The van der Waals surface area contributed by atoms with E-state index in [0.717, 1.165) is 12.1 Å². The molecule has 1 rings (SSSR count). The number of carboxylic acid groups (broad SMARTS) is 1. The zero-order valence-electron chi connectivity index (χ0n) is 9.07. The number of benzene rings is 1. The van der Waals surface area contributed by atoms with Gasteiger partial charge in [-0.3, -0.25) is 4.79 Å². The first-order chi connectivity index (χ1) is 8.40. The fraction of sp³-hybridized carbons (Fsp3) is 0.100. The Morgan fingerprint density at radius 1 is 1.33 bits per heavy atom. The van der Waals surface area contributed by atoms with Crippen LogP contribution in [0.5, 0.6) is 0 Å². The van der Waals surface area contributed by atoms with E-state index in [1.54, 1.807) is 0 Å². The molecular formula is C10H10FN3O4. The largest absolute Gasteiger partial charge is 0.478 e. The lowest BCUT2D eigenvalue weighted by Crippen LogP contribution is -2.36. The number of nitrogens with one attached hydrogen (secondary N) is 2. The molecule has 8 heteroatoms. The molecule has 0 radical (unpaired) electrons. The van der Waals surface area contributed by atoms with Gasteiger partial charge in [-0.15, -0.1) is 0 Å². The third-order valence-corrected chi connectivity index (χ3v) is 1.88. The highest BCUT2D eigenvalue weighted by molar-refractivity contribution is 5.93. The maximum absolute atomic E-state index is 13.2. The minimum absolute atomic E-state index is 0.0551. The first-order valence-corrected chi connectivity index (χ1v) is 4.76. The number of urea groups is 1. The number of nitrogens with two attached hydrogens (primary N) is 1. The van der Waals surface area contributed by atoms with Crippen LogP contribution in [0.15, 0.2) is 18.2 Å². The van der Waals surface area contributed by atoms with Gasteiger partial charge in [0.2, 0.25) is 5.91 Å². The number of aromatic carboxylic acids is 1. The average Bonchev–Trinajstić information content (AvgIpc) is 2.26. The molecule has 0 aliphatic heterocycles. The fourth-order valence-corrected chi connectivity index (χ4v) is 1.11. The second kappa shape index (κ2) is 5.62. The summed E-state index contributed by atoms with van der Waals surface area (Å²) in [7, 11) is 0. The molecular weight excluding hydrogens is 245 g/mol. The van der Waals surface area contributed by atoms with E-state index in [1.165, 1.54) is 6.07 Å². The van der Waals surface area contributed by atoms with Crippen molar-refractivity contribution in [2.24, 2.45) is 5.73 Å². The Bertz CT molecular complexity index is 504. The van der Waals surface area contributed by atoms with Crippen LogP contribution in [-0.4, -0.2) is 29.6 Å². The lowest BCUT2D eigenvalue weighted by atomic mass is 10.2. The first kappa shape index (κ1) is 13.4. The van der Waals surface area contributed by atoms with E-state index in [9.17, 15) is 18.8 Å². The van der Waals surface area contributed by atoms with Gasteiger partial charge < -0.3 is 21.5 Å². The second-order valence-electron chi connectivity index (χ2n) is 3.27. The highest BCUT2D eigenvalue weighted by Gasteiger charge is 2.11. The number of carbonyl (C=O) groups excluding carboxylic acids is 2. The van der Waals surface area contributed by atoms with Crippen molar-refractivity contribution in [1.82, 2.24) is 5.32 Å². The second-order valence-corrected chi connectivity index (χ2v) is 3.27. The molecule has 0 saturated heterocycles. The van der Waals surface area contributed by atoms with E-state index in [0.29, 0.717) is 0 Å². The molecule has 18 heavy (non-hydrogen) atoms. The number of halogens is 1. The standard InChI is InChI=1S/C10H10FN3O4/c11-7-3-5(1-2-6(7)9(16)17)14-10(18)13-4-8(12)15/h1-3H,4H2,(H2,12,15)(H,16,17)(H2,13,14,18). The minimum atomic E-state index is -1.41. The quantitative estimate of drug-likeness (QED) is 0.610. The van der Waals surface area contributed by atoms with Crippen LogP contribution in [0.1, 0.15) is 10.4 Å². The summed E-state index contributed by atoms with van der Waals surface area (Å²) in [4.78, 5) is 32.1. The van der Waals surface area contributed by atoms with Gasteiger partial charge in [-0.05, 0) is 18.2 Å². The topological polar surface area (TPSA) is 122 Å². The van der Waals surface area contributed by atoms with E-state index < -0.39 is 29.3 Å². The van der Waals surface area contributed by atoms with Gasteiger partial charge in [0.1, 0.15) is 5.82 Å². The molecule has 7 nitrogen and oxygen atoms in total. The Hall–Kier alpha value is -2.64. The SMILES string of the molecule is NC(=O)CNC(=O)Nc1ccc(C(=O)O)c(F)c1. The maximum Gasteiger partial charge on any atom is 0.338 e. The molecule has 0 fully saturated rings. The Kier molecular flexibility index (Phi) is 4.19. The molecule has 3 amide bonds. The van der Waals surface area contributed by atoms with Gasteiger partial charge >= 0.3 is 12.0 Å². The van der Waals surface area contributed by atoms with Gasteiger partial charge in [-0.1, -0.05) is 0 Å². The number of anilines is 1. The van der Waals surface area contributed by atoms with Gasteiger partial charge in [0, 0.05) is 5.69 Å². The molecule has 1 aromatic rings. The predicted octanol–water partition coefficient (Wildman–Crippen LogP) is 0.131. The van der Waals surface area contributed by atoms with Gasteiger partial charge in [-0.25, -0.2) is 14.0 Å². The van der Waals surface area contributed by atoms with Crippen molar-refractivity contribution in [3.8, 4) is 0 Å². The highest BCUT2D eigenvalue weighted by atomic mass is 19.1. The van der Waals surface area contributed by atoms with Crippen molar-refractivity contribution in [2.45, 2.75) is 0 Å². The van der Waals surface area contributed by atoms with E-state index in [1.807, 2.05) is 0 Å².